The van der Waals surface area contributed by atoms with Crippen molar-refractivity contribution in [2.45, 2.75) is 4.90 Å². The Morgan fingerprint density at radius 1 is 1.00 bits per heavy atom. The lowest BCUT2D eigenvalue weighted by atomic mass is 10.2. The van der Waals surface area contributed by atoms with Gasteiger partial charge in [-0.15, -0.1) is 0 Å². The minimum atomic E-state index is -3.70. The fraction of sp³-hybridized carbons (Fsp3) is 0.333. The summed E-state index contributed by atoms with van der Waals surface area (Å²) in [5.41, 5.74) is 0.550. The van der Waals surface area contributed by atoms with Gasteiger partial charge in [0.25, 0.3) is 5.69 Å². The number of methoxy groups -OCH3 is 2. The SMILES string of the molecule is COc1ccc(S(=O)(=O)N2CCN(c3ccc([N+](=O)[O-])cc3Cl)CC2)cc1OC. The van der Waals surface area contributed by atoms with Gasteiger partial charge in [-0.25, -0.2) is 8.42 Å². The van der Waals surface area contributed by atoms with Gasteiger partial charge in [0.2, 0.25) is 10.0 Å². The van der Waals surface area contributed by atoms with E-state index in [0.29, 0.717) is 30.3 Å². The summed E-state index contributed by atoms with van der Waals surface area (Å²) in [5.74, 6) is 0.786. The molecule has 0 atom stereocenters. The number of nitro groups is 1. The number of nitro benzene ring substituents is 1. The molecule has 2 aromatic carbocycles. The van der Waals surface area contributed by atoms with Crippen molar-refractivity contribution < 1.29 is 22.8 Å². The van der Waals surface area contributed by atoms with E-state index in [1.165, 1.54) is 42.8 Å². The van der Waals surface area contributed by atoms with Crippen LogP contribution in [-0.2, 0) is 10.0 Å². The number of benzene rings is 2. The molecule has 0 aliphatic carbocycles. The van der Waals surface area contributed by atoms with E-state index >= 15 is 0 Å². The van der Waals surface area contributed by atoms with Crippen molar-refractivity contribution in [3.63, 3.8) is 0 Å². The molecule has 1 fully saturated rings. The van der Waals surface area contributed by atoms with Crippen LogP contribution in [0.25, 0.3) is 0 Å². The highest BCUT2D eigenvalue weighted by atomic mass is 35.5. The van der Waals surface area contributed by atoms with E-state index in [4.69, 9.17) is 21.1 Å². The maximum Gasteiger partial charge on any atom is 0.271 e. The number of piperazine rings is 1. The van der Waals surface area contributed by atoms with E-state index in [0.717, 1.165) is 0 Å². The highest BCUT2D eigenvalue weighted by Crippen LogP contribution is 2.33. The Kier molecular flexibility index (Phi) is 6.15. The van der Waals surface area contributed by atoms with Crippen LogP contribution in [0.1, 0.15) is 0 Å². The molecular weight excluding hydrogens is 422 g/mol. The van der Waals surface area contributed by atoms with Crippen LogP contribution in [0.15, 0.2) is 41.3 Å². The van der Waals surface area contributed by atoms with Crippen LogP contribution in [-0.4, -0.2) is 58.0 Å². The summed E-state index contributed by atoms with van der Waals surface area (Å²) < 4.78 is 37.7. The highest BCUT2D eigenvalue weighted by Gasteiger charge is 2.30. The van der Waals surface area contributed by atoms with Crippen LogP contribution in [0.5, 0.6) is 11.5 Å². The quantitative estimate of drug-likeness (QED) is 0.501. The van der Waals surface area contributed by atoms with Gasteiger partial charge in [0, 0.05) is 44.4 Å². The molecule has 2 aromatic rings. The van der Waals surface area contributed by atoms with Crippen LogP contribution in [0.2, 0.25) is 5.02 Å². The van der Waals surface area contributed by atoms with Gasteiger partial charge in [0.05, 0.1) is 34.7 Å². The van der Waals surface area contributed by atoms with E-state index in [1.54, 1.807) is 12.1 Å². The summed E-state index contributed by atoms with van der Waals surface area (Å²) in [4.78, 5) is 12.4. The molecule has 1 aliphatic heterocycles. The van der Waals surface area contributed by atoms with Gasteiger partial charge in [0.1, 0.15) is 0 Å². The van der Waals surface area contributed by atoms with Crippen molar-refractivity contribution in [3.05, 3.63) is 51.5 Å². The van der Waals surface area contributed by atoms with Crippen molar-refractivity contribution in [1.29, 1.82) is 0 Å². The fourth-order valence-electron chi connectivity index (χ4n) is 3.16. The van der Waals surface area contributed by atoms with Crippen LogP contribution in [0.3, 0.4) is 0 Å². The largest absolute Gasteiger partial charge is 0.493 e. The number of non-ortho nitro benzene ring substituents is 1. The first-order valence-corrected chi connectivity index (χ1v) is 10.5. The lowest BCUT2D eigenvalue weighted by Crippen LogP contribution is -2.48. The lowest BCUT2D eigenvalue weighted by Gasteiger charge is -2.35. The predicted molar refractivity (Wildman–Crippen MR) is 109 cm³/mol. The van der Waals surface area contributed by atoms with Gasteiger partial charge in [0.15, 0.2) is 11.5 Å². The summed E-state index contributed by atoms with van der Waals surface area (Å²) in [6.45, 7) is 1.32. The molecular formula is C18H20ClN3O6S. The van der Waals surface area contributed by atoms with Gasteiger partial charge >= 0.3 is 0 Å². The first-order valence-electron chi connectivity index (χ1n) is 8.69. The lowest BCUT2D eigenvalue weighted by molar-refractivity contribution is -0.384. The summed E-state index contributed by atoms with van der Waals surface area (Å²) in [6, 6.07) is 8.74. The number of hydrogen-bond donors (Lipinski definition) is 0. The van der Waals surface area contributed by atoms with Crippen LogP contribution < -0.4 is 14.4 Å². The van der Waals surface area contributed by atoms with Gasteiger partial charge in [-0.3, -0.25) is 10.1 Å². The Hall–Kier alpha value is -2.56. The molecule has 0 spiro atoms. The molecule has 0 unspecified atom stereocenters. The van der Waals surface area contributed by atoms with Crippen molar-refractivity contribution in [2.24, 2.45) is 0 Å². The van der Waals surface area contributed by atoms with Crippen molar-refractivity contribution in [3.8, 4) is 11.5 Å². The zero-order valence-corrected chi connectivity index (χ0v) is 17.4. The maximum atomic E-state index is 13.0. The molecule has 29 heavy (non-hydrogen) atoms. The van der Waals surface area contributed by atoms with E-state index in [-0.39, 0.29) is 28.7 Å². The molecule has 1 heterocycles. The standard InChI is InChI=1S/C18H20ClN3O6S/c1-27-17-6-4-14(12-18(17)28-2)29(25,26)21-9-7-20(8-10-21)16-5-3-13(22(23)24)11-15(16)19/h3-6,11-12H,7-10H2,1-2H3. The molecule has 0 bridgehead atoms. The number of anilines is 1. The summed E-state index contributed by atoms with van der Waals surface area (Å²) in [7, 11) is -0.778. The molecule has 1 aliphatic rings. The number of rotatable bonds is 6. The molecule has 11 heteroatoms. The second-order valence-corrected chi connectivity index (χ2v) is 8.65. The molecule has 0 amide bonds. The second-order valence-electron chi connectivity index (χ2n) is 6.30. The van der Waals surface area contributed by atoms with E-state index in [1.807, 2.05) is 4.90 Å². The Bertz CT molecular complexity index is 1020. The molecule has 156 valence electrons. The molecule has 0 aromatic heterocycles. The molecule has 3 rings (SSSR count). The van der Waals surface area contributed by atoms with Gasteiger partial charge in [-0.2, -0.15) is 4.31 Å². The van der Waals surface area contributed by atoms with Crippen LogP contribution in [0, 0.1) is 10.1 Å². The molecule has 0 N–H and O–H groups in total. The number of nitrogens with zero attached hydrogens (tertiary/aromatic N) is 3. The van der Waals surface area contributed by atoms with Crippen molar-refractivity contribution >= 4 is 33.0 Å². The minimum Gasteiger partial charge on any atom is -0.493 e. The number of hydrogen-bond acceptors (Lipinski definition) is 7. The van der Waals surface area contributed by atoms with E-state index < -0.39 is 14.9 Å². The Balaban J connectivity index is 1.75. The second kappa shape index (κ2) is 8.44. The molecule has 1 saturated heterocycles. The predicted octanol–water partition coefficient (Wildman–Crippen LogP) is 2.78. The molecule has 0 radical (unpaired) electrons. The van der Waals surface area contributed by atoms with Crippen molar-refractivity contribution in [2.75, 3.05) is 45.3 Å². The zero-order valence-electron chi connectivity index (χ0n) is 15.9. The maximum absolute atomic E-state index is 13.0. The number of ether oxygens (including phenoxy) is 2. The number of halogens is 1. The van der Waals surface area contributed by atoms with Gasteiger partial charge < -0.3 is 14.4 Å². The first kappa shape index (κ1) is 21.2. The van der Waals surface area contributed by atoms with E-state index in [2.05, 4.69) is 0 Å². The Labute approximate surface area is 173 Å². The third-order valence-corrected chi connectivity index (χ3v) is 6.91. The fourth-order valence-corrected chi connectivity index (χ4v) is 4.89. The van der Waals surface area contributed by atoms with Gasteiger partial charge in [-0.05, 0) is 18.2 Å². The molecule has 0 saturated carbocycles. The number of sulfonamides is 1. The third-order valence-electron chi connectivity index (χ3n) is 4.71. The average Bonchev–Trinajstić information content (AvgIpc) is 2.73. The van der Waals surface area contributed by atoms with E-state index in [9.17, 15) is 18.5 Å². The highest BCUT2D eigenvalue weighted by molar-refractivity contribution is 7.89. The molecule has 9 nitrogen and oxygen atoms in total. The summed E-state index contributed by atoms with van der Waals surface area (Å²) in [6.07, 6.45) is 0. The summed E-state index contributed by atoms with van der Waals surface area (Å²) in [5, 5.41) is 11.1. The van der Waals surface area contributed by atoms with Gasteiger partial charge in [-0.1, -0.05) is 11.6 Å². The Morgan fingerprint density at radius 3 is 2.21 bits per heavy atom. The topological polar surface area (TPSA) is 102 Å². The smallest absolute Gasteiger partial charge is 0.271 e. The summed E-state index contributed by atoms with van der Waals surface area (Å²) >= 11 is 6.19. The van der Waals surface area contributed by atoms with Crippen LogP contribution >= 0.6 is 11.6 Å². The monoisotopic (exact) mass is 441 g/mol. The zero-order chi connectivity index (χ0) is 21.2. The normalized spacial score (nSPS) is 15.2. The minimum absolute atomic E-state index is 0.0894. The average molecular weight is 442 g/mol. The first-order chi connectivity index (χ1) is 13.8. The van der Waals surface area contributed by atoms with Crippen LogP contribution in [0.4, 0.5) is 11.4 Å². The Morgan fingerprint density at radius 2 is 1.66 bits per heavy atom. The third kappa shape index (κ3) is 4.24. The van der Waals surface area contributed by atoms with Crippen molar-refractivity contribution in [1.82, 2.24) is 4.31 Å².